The molecular weight excluding hydrogens is 410 g/mol. The van der Waals surface area contributed by atoms with Crippen LogP contribution in [-0.4, -0.2) is 48.9 Å². The number of fused-ring (bicyclic) bond motifs is 1. The summed E-state index contributed by atoms with van der Waals surface area (Å²) in [5, 5.41) is 12.6. The van der Waals surface area contributed by atoms with Crippen molar-refractivity contribution >= 4 is 11.5 Å². The Labute approximate surface area is 175 Å². The number of methoxy groups -OCH3 is 1. The summed E-state index contributed by atoms with van der Waals surface area (Å²) in [6.45, 7) is 2.48. The summed E-state index contributed by atoms with van der Waals surface area (Å²) in [6.07, 6.45) is 4.85. The molecule has 0 aliphatic carbocycles. The average molecular weight is 430 g/mol. The highest BCUT2D eigenvalue weighted by atomic mass is 19.3. The van der Waals surface area contributed by atoms with Crippen molar-refractivity contribution in [3.63, 3.8) is 0 Å². The summed E-state index contributed by atoms with van der Waals surface area (Å²) in [7, 11) is 1.42. The Morgan fingerprint density at radius 1 is 1.26 bits per heavy atom. The molecule has 0 bridgehead atoms. The van der Waals surface area contributed by atoms with Crippen molar-refractivity contribution < 1.29 is 23.0 Å². The van der Waals surface area contributed by atoms with Crippen LogP contribution in [0.25, 0.3) is 22.3 Å². The third kappa shape index (κ3) is 3.41. The van der Waals surface area contributed by atoms with Crippen LogP contribution in [0.4, 0.5) is 8.78 Å². The number of hydrogen-bond acceptors (Lipinski definition) is 6. The second-order valence-electron chi connectivity index (χ2n) is 6.76. The molecule has 9 nitrogen and oxygen atoms in total. The number of halogens is 2. The Morgan fingerprint density at radius 3 is 2.68 bits per heavy atom. The standard InChI is InChI=1S/C20H20F2N6O3/c1-5-31-19(29)15-10-27(25-18(15)30-4)13-6-7-26-16(8-13)14(9-23-26)17-11(2)24-28(12(17)3)20(21)22/h6-10,20H,5H2,1-4H3. The molecule has 0 saturated heterocycles. The molecule has 0 aliphatic heterocycles. The monoisotopic (exact) mass is 430 g/mol. The van der Waals surface area contributed by atoms with E-state index >= 15 is 0 Å². The van der Waals surface area contributed by atoms with Gasteiger partial charge in [0.15, 0.2) is 0 Å². The van der Waals surface area contributed by atoms with E-state index in [0.717, 1.165) is 0 Å². The summed E-state index contributed by atoms with van der Waals surface area (Å²) >= 11 is 0. The molecule has 0 aliphatic rings. The van der Waals surface area contributed by atoms with Crippen LogP contribution >= 0.6 is 0 Å². The van der Waals surface area contributed by atoms with Crippen molar-refractivity contribution in [2.24, 2.45) is 0 Å². The van der Waals surface area contributed by atoms with Gasteiger partial charge in [0.2, 0.25) is 5.88 Å². The topological polar surface area (TPSA) is 88.5 Å². The van der Waals surface area contributed by atoms with Gasteiger partial charge in [0.05, 0.1) is 36.8 Å². The van der Waals surface area contributed by atoms with Gasteiger partial charge >= 0.3 is 12.5 Å². The van der Waals surface area contributed by atoms with Gasteiger partial charge in [-0.3, -0.25) is 0 Å². The van der Waals surface area contributed by atoms with Gasteiger partial charge in [-0.15, -0.1) is 5.10 Å². The summed E-state index contributed by atoms with van der Waals surface area (Å²) in [5.74, 6) is -0.403. The van der Waals surface area contributed by atoms with Crippen molar-refractivity contribution in [2.45, 2.75) is 27.3 Å². The lowest BCUT2D eigenvalue weighted by Gasteiger charge is -2.05. The van der Waals surface area contributed by atoms with Crippen molar-refractivity contribution in [3.8, 4) is 22.7 Å². The molecule has 11 heteroatoms. The number of aromatic nitrogens is 6. The van der Waals surface area contributed by atoms with Crippen LogP contribution in [0.1, 0.15) is 35.2 Å². The summed E-state index contributed by atoms with van der Waals surface area (Å²) in [4.78, 5) is 12.2. The number of carbonyl (C=O) groups excluding carboxylic acids is 1. The Hall–Kier alpha value is -3.76. The first-order valence-corrected chi connectivity index (χ1v) is 9.48. The molecule has 4 heterocycles. The quantitative estimate of drug-likeness (QED) is 0.435. The van der Waals surface area contributed by atoms with Crippen molar-refractivity contribution in [1.82, 2.24) is 29.2 Å². The molecule has 0 atom stereocenters. The van der Waals surface area contributed by atoms with Gasteiger partial charge in [0, 0.05) is 29.2 Å². The van der Waals surface area contributed by atoms with Gasteiger partial charge in [0.1, 0.15) is 5.56 Å². The summed E-state index contributed by atoms with van der Waals surface area (Å²) < 4.78 is 40.6. The summed E-state index contributed by atoms with van der Waals surface area (Å²) in [5.41, 5.74) is 3.57. The normalized spacial score (nSPS) is 11.5. The first kappa shape index (κ1) is 20.5. The number of carbonyl (C=O) groups is 1. The number of pyridine rings is 1. The molecule has 0 fully saturated rings. The molecule has 0 unspecified atom stereocenters. The number of nitrogens with zero attached hydrogens (tertiary/aromatic N) is 6. The number of esters is 1. The maximum atomic E-state index is 13.3. The number of hydrogen-bond donors (Lipinski definition) is 0. The molecular formula is C20H20F2N6O3. The second kappa shape index (κ2) is 7.82. The van der Waals surface area contributed by atoms with E-state index in [1.54, 1.807) is 49.8 Å². The second-order valence-corrected chi connectivity index (χ2v) is 6.76. The Morgan fingerprint density at radius 2 is 2.03 bits per heavy atom. The Bertz CT molecular complexity index is 1270. The lowest BCUT2D eigenvalue weighted by molar-refractivity contribution is 0.0520. The van der Waals surface area contributed by atoms with E-state index in [1.807, 2.05) is 0 Å². The Kier molecular flexibility index (Phi) is 5.17. The molecule has 31 heavy (non-hydrogen) atoms. The fourth-order valence-corrected chi connectivity index (χ4v) is 3.54. The van der Waals surface area contributed by atoms with Crippen molar-refractivity contribution in [2.75, 3.05) is 13.7 Å². The zero-order valence-corrected chi connectivity index (χ0v) is 17.3. The highest BCUT2D eigenvalue weighted by Gasteiger charge is 2.22. The zero-order chi connectivity index (χ0) is 22.3. The molecule has 0 radical (unpaired) electrons. The largest absolute Gasteiger partial charge is 0.479 e. The summed E-state index contributed by atoms with van der Waals surface area (Å²) in [6, 6.07) is 3.55. The molecule has 4 rings (SSSR count). The lowest BCUT2D eigenvalue weighted by Crippen LogP contribution is -2.05. The third-order valence-corrected chi connectivity index (χ3v) is 4.92. The van der Waals surface area contributed by atoms with E-state index in [9.17, 15) is 13.6 Å². The van der Waals surface area contributed by atoms with Gasteiger partial charge in [-0.1, -0.05) is 0 Å². The molecule has 162 valence electrons. The Balaban J connectivity index is 1.83. The predicted octanol–water partition coefficient (Wildman–Crippen LogP) is 3.58. The number of alkyl halides is 2. The highest BCUT2D eigenvalue weighted by molar-refractivity contribution is 5.92. The SMILES string of the molecule is CCOC(=O)c1cn(-c2ccn3ncc(-c4c(C)nn(C(F)F)c4C)c3c2)nc1OC. The van der Waals surface area contributed by atoms with Gasteiger partial charge in [-0.25, -0.2) is 18.7 Å². The van der Waals surface area contributed by atoms with Crippen molar-refractivity contribution in [3.05, 3.63) is 47.7 Å². The molecule has 0 amide bonds. The number of rotatable bonds is 6. The average Bonchev–Trinajstić information content (AvgIpc) is 3.43. The van der Waals surface area contributed by atoms with Crippen LogP contribution in [0.2, 0.25) is 0 Å². The van der Waals surface area contributed by atoms with Crippen LogP contribution in [0.5, 0.6) is 5.88 Å². The molecule has 0 aromatic carbocycles. The van der Waals surface area contributed by atoms with Crippen LogP contribution in [0.3, 0.4) is 0 Å². The van der Waals surface area contributed by atoms with Gasteiger partial charge in [0.25, 0.3) is 0 Å². The van der Waals surface area contributed by atoms with Crippen LogP contribution in [0, 0.1) is 13.8 Å². The highest BCUT2D eigenvalue weighted by Crippen LogP contribution is 2.33. The van der Waals surface area contributed by atoms with E-state index < -0.39 is 12.5 Å². The van der Waals surface area contributed by atoms with Gasteiger partial charge < -0.3 is 9.47 Å². The van der Waals surface area contributed by atoms with E-state index in [0.29, 0.717) is 38.4 Å². The minimum absolute atomic E-state index is 0.136. The van der Waals surface area contributed by atoms with E-state index in [-0.39, 0.29) is 18.1 Å². The van der Waals surface area contributed by atoms with E-state index in [1.165, 1.54) is 18.0 Å². The molecule has 4 aromatic heterocycles. The zero-order valence-electron chi connectivity index (χ0n) is 17.3. The number of ether oxygens (including phenoxy) is 2. The lowest BCUT2D eigenvalue weighted by atomic mass is 10.1. The van der Waals surface area contributed by atoms with E-state index in [4.69, 9.17) is 9.47 Å². The first-order chi connectivity index (χ1) is 14.8. The maximum Gasteiger partial charge on any atom is 0.345 e. The van der Waals surface area contributed by atoms with Crippen molar-refractivity contribution in [1.29, 1.82) is 0 Å². The number of aryl methyl sites for hydroxylation is 1. The van der Waals surface area contributed by atoms with Crippen LogP contribution < -0.4 is 4.74 Å². The van der Waals surface area contributed by atoms with Gasteiger partial charge in [-0.05, 0) is 32.9 Å². The van der Waals surface area contributed by atoms with Crippen LogP contribution in [0.15, 0.2) is 30.7 Å². The smallest absolute Gasteiger partial charge is 0.345 e. The third-order valence-electron chi connectivity index (χ3n) is 4.92. The fraction of sp³-hybridized carbons (Fsp3) is 0.300. The molecule has 0 spiro atoms. The first-order valence-electron chi connectivity index (χ1n) is 9.48. The minimum Gasteiger partial charge on any atom is -0.479 e. The van der Waals surface area contributed by atoms with E-state index in [2.05, 4.69) is 15.3 Å². The molecule has 0 N–H and O–H groups in total. The minimum atomic E-state index is -2.73. The van der Waals surface area contributed by atoms with Crippen LogP contribution in [-0.2, 0) is 4.74 Å². The predicted molar refractivity (Wildman–Crippen MR) is 107 cm³/mol. The molecule has 4 aromatic rings. The maximum absolute atomic E-state index is 13.3. The van der Waals surface area contributed by atoms with Gasteiger partial charge in [-0.2, -0.15) is 19.0 Å². The molecule has 0 saturated carbocycles. The fourth-order valence-electron chi connectivity index (χ4n) is 3.54.